The molecule has 0 unspecified atom stereocenters. The summed E-state index contributed by atoms with van der Waals surface area (Å²) in [6.45, 7) is 0. The van der Waals surface area contributed by atoms with Crippen molar-refractivity contribution < 1.29 is 4.74 Å². The first-order valence-corrected chi connectivity index (χ1v) is 5.43. The molecule has 73 valence electrons. The number of benzene rings is 2. The first-order chi connectivity index (χ1) is 7.38. The van der Waals surface area contributed by atoms with Gasteiger partial charge in [-0.3, -0.25) is 0 Å². The lowest BCUT2D eigenvalue weighted by molar-refractivity contribution is 0.415. The third-order valence-corrected chi connectivity index (χ3v) is 3.21. The Kier molecular flexibility index (Phi) is 1.86. The summed E-state index contributed by atoms with van der Waals surface area (Å²) in [5.41, 5.74) is 3.93. The highest BCUT2D eigenvalue weighted by Gasteiger charge is 2.04. The predicted octanol–water partition coefficient (Wildman–Crippen LogP) is 3.26. The van der Waals surface area contributed by atoms with Crippen molar-refractivity contribution in [2.24, 2.45) is 0 Å². The van der Waals surface area contributed by atoms with Gasteiger partial charge in [-0.15, -0.1) is 11.3 Å². The second kappa shape index (κ2) is 3.21. The fourth-order valence-corrected chi connectivity index (χ4v) is 2.33. The first-order valence-electron chi connectivity index (χ1n) is 4.62. The molecule has 1 aromatic heterocycles. The zero-order chi connectivity index (χ0) is 10.3. The molecule has 1 heterocycles. The standard InChI is InChI=1S/C12H8NOS/c1-14-9-4-2-8-3-5-11-12(10(8)6-9)13-7-15-11/h2-6H,1H3. The summed E-state index contributed by atoms with van der Waals surface area (Å²) < 4.78 is 6.38. The lowest BCUT2D eigenvalue weighted by Gasteiger charge is -2.02. The van der Waals surface area contributed by atoms with Gasteiger partial charge in [0.2, 0.25) is 0 Å². The largest absolute Gasteiger partial charge is 0.497 e. The van der Waals surface area contributed by atoms with Gasteiger partial charge in [-0.05, 0) is 23.6 Å². The van der Waals surface area contributed by atoms with E-state index in [9.17, 15) is 0 Å². The van der Waals surface area contributed by atoms with Crippen LogP contribution in [0.25, 0.3) is 21.0 Å². The maximum absolute atomic E-state index is 5.21. The van der Waals surface area contributed by atoms with Crippen molar-refractivity contribution in [3.05, 3.63) is 35.8 Å². The van der Waals surface area contributed by atoms with Crippen molar-refractivity contribution in [1.29, 1.82) is 0 Å². The molecule has 0 bridgehead atoms. The second-order valence-corrected chi connectivity index (χ2v) is 4.13. The van der Waals surface area contributed by atoms with Gasteiger partial charge in [0.05, 0.1) is 17.3 Å². The van der Waals surface area contributed by atoms with Gasteiger partial charge in [0, 0.05) is 5.39 Å². The molecule has 0 saturated heterocycles. The number of nitrogens with zero attached hydrogens (tertiary/aromatic N) is 1. The van der Waals surface area contributed by atoms with Crippen LogP contribution in [0, 0.1) is 5.51 Å². The highest BCUT2D eigenvalue weighted by Crippen LogP contribution is 2.29. The van der Waals surface area contributed by atoms with E-state index < -0.39 is 0 Å². The van der Waals surface area contributed by atoms with Crippen LogP contribution in [0.15, 0.2) is 30.3 Å². The molecule has 0 atom stereocenters. The average molecular weight is 214 g/mol. The minimum Gasteiger partial charge on any atom is -0.497 e. The zero-order valence-electron chi connectivity index (χ0n) is 8.15. The minimum atomic E-state index is 0.864. The van der Waals surface area contributed by atoms with Crippen LogP contribution in [0.5, 0.6) is 5.75 Å². The van der Waals surface area contributed by atoms with Gasteiger partial charge in [0.25, 0.3) is 0 Å². The molecule has 2 aromatic carbocycles. The Balaban J connectivity index is 2.48. The molecule has 3 aromatic rings. The number of hydrogen-bond donors (Lipinski definition) is 0. The topological polar surface area (TPSA) is 22.1 Å². The predicted molar refractivity (Wildman–Crippen MR) is 62.5 cm³/mol. The molecule has 0 fully saturated rings. The Morgan fingerprint density at radius 3 is 3.00 bits per heavy atom. The number of ether oxygens (including phenoxy) is 1. The summed E-state index contributed by atoms with van der Waals surface area (Å²) in [6.07, 6.45) is 0. The molecule has 3 rings (SSSR count). The Morgan fingerprint density at radius 2 is 2.13 bits per heavy atom. The molecule has 0 amide bonds. The highest BCUT2D eigenvalue weighted by atomic mass is 32.1. The summed E-state index contributed by atoms with van der Waals surface area (Å²) in [4.78, 5) is 4.26. The Labute approximate surface area is 91.1 Å². The van der Waals surface area contributed by atoms with E-state index in [0.29, 0.717) is 0 Å². The van der Waals surface area contributed by atoms with Crippen molar-refractivity contribution in [2.45, 2.75) is 0 Å². The van der Waals surface area contributed by atoms with Crippen LogP contribution in [0.2, 0.25) is 0 Å². The summed E-state index contributed by atoms with van der Waals surface area (Å²) in [5.74, 6) is 0.864. The van der Waals surface area contributed by atoms with E-state index in [-0.39, 0.29) is 0 Å². The van der Waals surface area contributed by atoms with Gasteiger partial charge < -0.3 is 4.74 Å². The molecule has 1 radical (unpaired) electrons. The molecule has 0 aliphatic rings. The molecule has 0 aliphatic carbocycles. The SMILES string of the molecule is COc1ccc2ccc3s[c]nc3c2c1. The molecule has 0 N–H and O–H groups in total. The maximum atomic E-state index is 5.21. The third-order valence-electron chi connectivity index (χ3n) is 2.48. The van der Waals surface area contributed by atoms with Gasteiger partial charge >= 0.3 is 0 Å². The number of methoxy groups -OCH3 is 1. The summed E-state index contributed by atoms with van der Waals surface area (Å²) >= 11 is 1.54. The fraction of sp³-hybridized carbons (Fsp3) is 0.0833. The van der Waals surface area contributed by atoms with Crippen LogP contribution in [-0.4, -0.2) is 12.1 Å². The van der Waals surface area contributed by atoms with Crippen molar-refractivity contribution in [1.82, 2.24) is 4.98 Å². The van der Waals surface area contributed by atoms with E-state index in [4.69, 9.17) is 4.74 Å². The molecule has 3 heteroatoms. The molecular formula is C12H8NOS. The zero-order valence-corrected chi connectivity index (χ0v) is 8.97. The minimum absolute atomic E-state index is 0.864. The number of hydrogen-bond acceptors (Lipinski definition) is 3. The lowest BCUT2D eigenvalue weighted by atomic mass is 10.1. The smallest absolute Gasteiger partial charge is 0.153 e. The fourth-order valence-electron chi connectivity index (χ4n) is 1.71. The van der Waals surface area contributed by atoms with Crippen LogP contribution in [-0.2, 0) is 0 Å². The van der Waals surface area contributed by atoms with E-state index >= 15 is 0 Å². The van der Waals surface area contributed by atoms with E-state index in [1.807, 2.05) is 18.2 Å². The summed E-state index contributed by atoms with van der Waals surface area (Å²) in [5, 5.41) is 2.31. The second-order valence-electron chi connectivity index (χ2n) is 3.30. The first kappa shape index (κ1) is 8.68. The van der Waals surface area contributed by atoms with Crippen LogP contribution in [0.1, 0.15) is 0 Å². The van der Waals surface area contributed by atoms with E-state index in [1.54, 1.807) is 7.11 Å². The normalized spacial score (nSPS) is 11.0. The third kappa shape index (κ3) is 1.27. The molecule has 2 nitrogen and oxygen atoms in total. The van der Waals surface area contributed by atoms with Gasteiger partial charge in [0.15, 0.2) is 5.51 Å². The van der Waals surface area contributed by atoms with Crippen LogP contribution in [0.4, 0.5) is 0 Å². The Bertz CT molecular complexity index is 630. The van der Waals surface area contributed by atoms with E-state index in [1.165, 1.54) is 16.7 Å². The molecule has 15 heavy (non-hydrogen) atoms. The monoisotopic (exact) mass is 214 g/mol. The maximum Gasteiger partial charge on any atom is 0.153 e. The number of rotatable bonds is 1. The van der Waals surface area contributed by atoms with Crippen LogP contribution < -0.4 is 4.74 Å². The summed E-state index contributed by atoms with van der Waals surface area (Å²) in [7, 11) is 1.68. The molecule has 0 saturated carbocycles. The summed E-state index contributed by atoms with van der Waals surface area (Å²) in [6, 6.07) is 10.2. The van der Waals surface area contributed by atoms with E-state index in [2.05, 4.69) is 22.6 Å². The molecule has 0 spiro atoms. The van der Waals surface area contributed by atoms with Crippen LogP contribution >= 0.6 is 11.3 Å². The average Bonchev–Trinajstić information content (AvgIpc) is 2.76. The number of fused-ring (bicyclic) bond motifs is 3. The van der Waals surface area contributed by atoms with Crippen molar-refractivity contribution in [2.75, 3.05) is 7.11 Å². The van der Waals surface area contributed by atoms with Crippen molar-refractivity contribution in [3.63, 3.8) is 0 Å². The van der Waals surface area contributed by atoms with Crippen molar-refractivity contribution >= 4 is 32.3 Å². The number of aromatic nitrogens is 1. The van der Waals surface area contributed by atoms with Gasteiger partial charge in [-0.2, -0.15) is 0 Å². The quantitative estimate of drug-likeness (QED) is 0.620. The lowest BCUT2D eigenvalue weighted by Crippen LogP contribution is -1.82. The van der Waals surface area contributed by atoms with Gasteiger partial charge in [0.1, 0.15) is 5.75 Å². The van der Waals surface area contributed by atoms with Crippen LogP contribution in [0.3, 0.4) is 0 Å². The van der Waals surface area contributed by atoms with E-state index in [0.717, 1.165) is 21.4 Å². The van der Waals surface area contributed by atoms with Gasteiger partial charge in [-0.1, -0.05) is 12.1 Å². The molecule has 0 aliphatic heterocycles. The van der Waals surface area contributed by atoms with Gasteiger partial charge in [-0.25, -0.2) is 4.98 Å². The molecular weight excluding hydrogens is 206 g/mol. The van der Waals surface area contributed by atoms with Crippen molar-refractivity contribution in [3.8, 4) is 5.75 Å². The Morgan fingerprint density at radius 1 is 1.27 bits per heavy atom. The highest BCUT2D eigenvalue weighted by molar-refractivity contribution is 7.16. The Hall–Kier alpha value is -1.61. The number of thiazole rings is 1.